The minimum absolute atomic E-state index is 0.385. The Labute approximate surface area is 126 Å². The van der Waals surface area contributed by atoms with E-state index in [0.717, 1.165) is 43.1 Å². The third-order valence-electron chi connectivity index (χ3n) is 5.69. The Kier molecular flexibility index (Phi) is 3.43. The summed E-state index contributed by atoms with van der Waals surface area (Å²) in [6.07, 6.45) is 4.35. The molecule has 0 aromatic heterocycles. The molecule has 1 aromatic rings. The first-order chi connectivity index (χ1) is 10.2. The number of phenols is 1. The van der Waals surface area contributed by atoms with Crippen LogP contribution in [0, 0.1) is 24.7 Å². The molecule has 1 aliphatic heterocycles. The van der Waals surface area contributed by atoms with Crippen LogP contribution in [-0.4, -0.2) is 31.0 Å². The summed E-state index contributed by atoms with van der Waals surface area (Å²) >= 11 is 0. The maximum atomic E-state index is 9.68. The first-order valence-corrected chi connectivity index (χ1v) is 8.19. The molecule has 3 fully saturated rings. The quantitative estimate of drug-likeness (QED) is 0.846. The molecule has 1 aromatic carbocycles. The van der Waals surface area contributed by atoms with Gasteiger partial charge in [0.25, 0.3) is 0 Å². The summed E-state index contributed by atoms with van der Waals surface area (Å²) in [6.45, 7) is 4.58. The first kappa shape index (κ1) is 13.6. The summed E-state index contributed by atoms with van der Waals surface area (Å²) in [5.41, 5.74) is 2.42. The minimum atomic E-state index is 0.385. The van der Waals surface area contributed by atoms with Gasteiger partial charge in [0, 0.05) is 6.61 Å². The van der Waals surface area contributed by atoms with Crippen LogP contribution in [0.4, 0.5) is 0 Å². The highest BCUT2D eigenvalue weighted by Gasteiger charge is 2.46. The molecule has 1 heterocycles. The lowest BCUT2D eigenvalue weighted by Crippen LogP contribution is -2.21. The maximum Gasteiger partial charge on any atom is 0.118 e. The van der Waals surface area contributed by atoms with Gasteiger partial charge in [0.15, 0.2) is 0 Å². The van der Waals surface area contributed by atoms with Crippen molar-refractivity contribution in [2.24, 2.45) is 17.8 Å². The van der Waals surface area contributed by atoms with Gasteiger partial charge in [-0.05, 0) is 67.1 Å². The molecular weight excluding hydrogens is 264 g/mol. The van der Waals surface area contributed by atoms with Gasteiger partial charge in [-0.3, -0.25) is 0 Å². The van der Waals surface area contributed by atoms with E-state index in [1.807, 2.05) is 13.0 Å². The molecule has 4 rings (SSSR count). The van der Waals surface area contributed by atoms with E-state index in [0.29, 0.717) is 17.8 Å². The van der Waals surface area contributed by atoms with E-state index in [1.54, 1.807) is 0 Å². The Morgan fingerprint density at radius 2 is 2.05 bits per heavy atom. The van der Waals surface area contributed by atoms with Crippen LogP contribution in [0.5, 0.6) is 5.75 Å². The topological polar surface area (TPSA) is 42.0 Å². The van der Waals surface area contributed by atoms with E-state index < -0.39 is 0 Å². The third-order valence-corrected chi connectivity index (χ3v) is 5.69. The largest absolute Gasteiger partial charge is 0.508 e. The summed E-state index contributed by atoms with van der Waals surface area (Å²) in [5, 5.41) is 9.68. The van der Waals surface area contributed by atoms with Crippen LogP contribution in [-0.2, 0) is 9.47 Å². The fraction of sp³-hybridized carbons (Fsp3) is 0.667. The van der Waals surface area contributed by atoms with Gasteiger partial charge in [0.05, 0.1) is 13.2 Å². The van der Waals surface area contributed by atoms with Crippen LogP contribution in [0.3, 0.4) is 0 Å². The van der Waals surface area contributed by atoms with Crippen molar-refractivity contribution in [2.45, 2.75) is 38.2 Å². The molecule has 2 bridgehead atoms. The minimum Gasteiger partial charge on any atom is -0.508 e. The number of aryl methyl sites for hydroxylation is 1. The molecule has 3 aliphatic rings. The van der Waals surface area contributed by atoms with E-state index in [-0.39, 0.29) is 0 Å². The summed E-state index contributed by atoms with van der Waals surface area (Å²) < 4.78 is 11.0. The highest BCUT2D eigenvalue weighted by molar-refractivity contribution is 5.37. The van der Waals surface area contributed by atoms with E-state index >= 15 is 0 Å². The number of aromatic hydroxyl groups is 1. The fourth-order valence-corrected chi connectivity index (χ4v) is 4.43. The second kappa shape index (κ2) is 5.29. The Balaban J connectivity index is 1.35. The van der Waals surface area contributed by atoms with Crippen molar-refractivity contribution < 1.29 is 14.6 Å². The molecule has 1 saturated heterocycles. The standard InChI is InChI=1S/C18H24O3/c1-11-4-12(2-3-18(11)19)17-7-13-5-14(17)6-15(13)8-20-9-16-10-21-16/h2-4,13-17,19H,5-10H2,1H3. The van der Waals surface area contributed by atoms with Crippen molar-refractivity contribution in [3.63, 3.8) is 0 Å². The van der Waals surface area contributed by atoms with Crippen LogP contribution < -0.4 is 0 Å². The molecule has 0 amide bonds. The smallest absolute Gasteiger partial charge is 0.118 e. The van der Waals surface area contributed by atoms with Crippen molar-refractivity contribution >= 4 is 0 Å². The number of hydrogen-bond donors (Lipinski definition) is 1. The van der Waals surface area contributed by atoms with Gasteiger partial charge in [-0.25, -0.2) is 0 Å². The van der Waals surface area contributed by atoms with Crippen molar-refractivity contribution in [1.82, 2.24) is 0 Å². The van der Waals surface area contributed by atoms with Crippen molar-refractivity contribution in [3.05, 3.63) is 29.3 Å². The summed E-state index contributed by atoms with van der Waals surface area (Å²) in [7, 11) is 0. The van der Waals surface area contributed by atoms with Crippen LogP contribution in [0.25, 0.3) is 0 Å². The van der Waals surface area contributed by atoms with Crippen LogP contribution in [0.15, 0.2) is 18.2 Å². The predicted octanol–water partition coefficient (Wildman–Crippen LogP) is 3.25. The average molecular weight is 288 g/mol. The van der Waals surface area contributed by atoms with Crippen LogP contribution in [0.1, 0.15) is 36.3 Å². The molecule has 1 N–H and O–H groups in total. The van der Waals surface area contributed by atoms with Gasteiger partial charge < -0.3 is 14.6 Å². The van der Waals surface area contributed by atoms with Gasteiger partial charge in [-0.2, -0.15) is 0 Å². The van der Waals surface area contributed by atoms with Gasteiger partial charge in [-0.1, -0.05) is 12.1 Å². The van der Waals surface area contributed by atoms with Gasteiger partial charge >= 0.3 is 0 Å². The van der Waals surface area contributed by atoms with E-state index in [9.17, 15) is 5.11 Å². The molecule has 0 spiro atoms. The lowest BCUT2D eigenvalue weighted by molar-refractivity contribution is 0.0658. The summed E-state index contributed by atoms with van der Waals surface area (Å²) in [5.74, 6) is 3.50. The third kappa shape index (κ3) is 2.69. The fourth-order valence-electron chi connectivity index (χ4n) is 4.43. The lowest BCUT2D eigenvalue weighted by Gasteiger charge is -2.28. The van der Waals surface area contributed by atoms with Crippen LogP contribution >= 0.6 is 0 Å². The van der Waals surface area contributed by atoms with Gasteiger partial charge in [0.2, 0.25) is 0 Å². The van der Waals surface area contributed by atoms with E-state index in [2.05, 4.69) is 12.1 Å². The Hall–Kier alpha value is -1.06. The number of rotatable bonds is 5. The zero-order chi connectivity index (χ0) is 14.4. The molecule has 2 saturated carbocycles. The zero-order valence-corrected chi connectivity index (χ0v) is 12.6. The normalized spacial score (nSPS) is 37.1. The highest BCUT2D eigenvalue weighted by atomic mass is 16.6. The van der Waals surface area contributed by atoms with E-state index in [4.69, 9.17) is 9.47 Å². The molecule has 2 aliphatic carbocycles. The SMILES string of the molecule is Cc1cc(C2CC3CC2CC3COCC2CO2)ccc1O. The molecule has 0 radical (unpaired) electrons. The molecule has 21 heavy (non-hydrogen) atoms. The van der Waals surface area contributed by atoms with Crippen molar-refractivity contribution in [1.29, 1.82) is 0 Å². The van der Waals surface area contributed by atoms with Gasteiger partial charge in [0.1, 0.15) is 11.9 Å². The Bertz CT molecular complexity index is 523. The number of benzene rings is 1. The number of epoxide rings is 1. The lowest BCUT2D eigenvalue weighted by atomic mass is 9.78. The van der Waals surface area contributed by atoms with Crippen LogP contribution in [0.2, 0.25) is 0 Å². The first-order valence-electron chi connectivity index (χ1n) is 8.19. The molecular formula is C18H24O3. The maximum absolute atomic E-state index is 9.68. The molecule has 3 nitrogen and oxygen atoms in total. The predicted molar refractivity (Wildman–Crippen MR) is 80.5 cm³/mol. The molecule has 5 unspecified atom stereocenters. The van der Waals surface area contributed by atoms with E-state index in [1.165, 1.54) is 24.8 Å². The molecule has 114 valence electrons. The second-order valence-electron chi connectivity index (χ2n) is 7.13. The number of hydrogen-bond acceptors (Lipinski definition) is 3. The highest BCUT2D eigenvalue weighted by Crippen LogP contribution is 2.55. The number of fused-ring (bicyclic) bond motifs is 2. The molecule has 5 atom stereocenters. The number of ether oxygens (including phenoxy) is 2. The zero-order valence-electron chi connectivity index (χ0n) is 12.6. The average Bonchev–Trinajstić information content (AvgIpc) is 3.08. The van der Waals surface area contributed by atoms with Crippen molar-refractivity contribution in [3.8, 4) is 5.75 Å². The number of phenolic OH excluding ortho intramolecular Hbond substituents is 1. The molecule has 3 heteroatoms. The van der Waals surface area contributed by atoms with Crippen molar-refractivity contribution in [2.75, 3.05) is 19.8 Å². The monoisotopic (exact) mass is 288 g/mol. The second-order valence-corrected chi connectivity index (χ2v) is 7.13. The summed E-state index contributed by atoms with van der Waals surface area (Å²) in [6, 6.07) is 6.15. The van der Waals surface area contributed by atoms with Gasteiger partial charge in [-0.15, -0.1) is 0 Å². The Morgan fingerprint density at radius 3 is 2.71 bits per heavy atom. The Morgan fingerprint density at radius 1 is 1.19 bits per heavy atom. The summed E-state index contributed by atoms with van der Waals surface area (Å²) in [4.78, 5) is 0.